The van der Waals surface area contributed by atoms with Crippen molar-refractivity contribution in [1.82, 2.24) is 10.6 Å². The number of halogens is 1. The molecule has 0 spiro atoms. The van der Waals surface area contributed by atoms with Crippen LogP contribution in [0.15, 0.2) is 36.4 Å². The van der Waals surface area contributed by atoms with Gasteiger partial charge in [0.25, 0.3) is 0 Å². The molecule has 0 saturated carbocycles. The Morgan fingerprint density at radius 2 is 1.84 bits per heavy atom. The standard InChI is InChI=1S/C15H18N2O.ClH/c1-18-15-7-6-12(14-10-16-8-9-17-14)11-4-2-3-5-13(11)15;/h2-7,14,16-17H,8-10H2,1H3;1H/t14-;/m1./s1. The lowest BCUT2D eigenvalue weighted by atomic mass is 9.97. The number of hydrogen-bond donors (Lipinski definition) is 2. The molecule has 0 amide bonds. The van der Waals surface area contributed by atoms with Crippen LogP contribution < -0.4 is 15.4 Å². The quantitative estimate of drug-likeness (QED) is 0.886. The summed E-state index contributed by atoms with van der Waals surface area (Å²) in [6, 6.07) is 13.1. The minimum Gasteiger partial charge on any atom is -0.496 e. The fourth-order valence-electron chi connectivity index (χ4n) is 2.65. The molecule has 0 unspecified atom stereocenters. The van der Waals surface area contributed by atoms with Gasteiger partial charge >= 0.3 is 0 Å². The smallest absolute Gasteiger partial charge is 0.126 e. The Morgan fingerprint density at radius 3 is 2.53 bits per heavy atom. The molecule has 0 bridgehead atoms. The summed E-state index contributed by atoms with van der Waals surface area (Å²) in [5.74, 6) is 0.943. The van der Waals surface area contributed by atoms with Crippen LogP contribution >= 0.6 is 12.4 Å². The second kappa shape index (κ2) is 6.24. The van der Waals surface area contributed by atoms with E-state index in [9.17, 15) is 0 Å². The van der Waals surface area contributed by atoms with Crippen LogP contribution in [0.25, 0.3) is 10.8 Å². The normalized spacial score (nSPS) is 18.9. The second-order valence-electron chi connectivity index (χ2n) is 4.61. The van der Waals surface area contributed by atoms with E-state index in [0.717, 1.165) is 25.4 Å². The van der Waals surface area contributed by atoms with Gasteiger partial charge in [-0.15, -0.1) is 12.4 Å². The molecular weight excluding hydrogens is 260 g/mol. The van der Waals surface area contributed by atoms with Gasteiger partial charge in [0.15, 0.2) is 0 Å². The molecule has 1 fully saturated rings. The zero-order valence-corrected chi connectivity index (χ0v) is 11.8. The highest BCUT2D eigenvalue weighted by Crippen LogP contribution is 2.31. The molecule has 1 aliphatic rings. The van der Waals surface area contributed by atoms with Gasteiger partial charge in [-0.1, -0.05) is 30.3 Å². The minimum absolute atomic E-state index is 0. The van der Waals surface area contributed by atoms with Crippen molar-refractivity contribution in [2.24, 2.45) is 0 Å². The fraction of sp³-hybridized carbons (Fsp3) is 0.333. The molecule has 1 aliphatic heterocycles. The molecule has 0 aliphatic carbocycles. The lowest BCUT2D eigenvalue weighted by Gasteiger charge is -2.26. The van der Waals surface area contributed by atoms with E-state index in [4.69, 9.17) is 4.74 Å². The summed E-state index contributed by atoms with van der Waals surface area (Å²) in [6.45, 7) is 3.05. The highest BCUT2D eigenvalue weighted by atomic mass is 35.5. The van der Waals surface area contributed by atoms with E-state index in [1.807, 2.05) is 0 Å². The van der Waals surface area contributed by atoms with Gasteiger partial charge in [0.1, 0.15) is 5.75 Å². The van der Waals surface area contributed by atoms with Gasteiger partial charge in [-0.25, -0.2) is 0 Å². The number of nitrogens with one attached hydrogen (secondary N) is 2. The molecule has 0 aromatic heterocycles. The Bertz CT molecular complexity index is 553. The monoisotopic (exact) mass is 278 g/mol. The summed E-state index contributed by atoms with van der Waals surface area (Å²) in [7, 11) is 1.72. The largest absolute Gasteiger partial charge is 0.496 e. The minimum atomic E-state index is 0. The first-order valence-corrected chi connectivity index (χ1v) is 6.40. The Morgan fingerprint density at radius 1 is 1.05 bits per heavy atom. The number of methoxy groups -OCH3 is 1. The average molecular weight is 279 g/mol. The van der Waals surface area contributed by atoms with Gasteiger partial charge in [-0.05, 0) is 17.0 Å². The van der Waals surface area contributed by atoms with Crippen LogP contribution in [0.1, 0.15) is 11.6 Å². The van der Waals surface area contributed by atoms with Crippen LogP contribution in [0.5, 0.6) is 5.75 Å². The second-order valence-corrected chi connectivity index (χ2v) is 4.61. The molecule has 19 heavy (non-hydrogen) atoms. The number of ether oxygens (including phenoxy) is 1. The first kappa shape index (κ1) is 14.1. The first-order chi connectivity index (χ1) is 8.90. The molecule has 2 N–H and O–H groups in total. The number of rotatable bonds is 2. The van der Waals surface area contributed by atoms with E-state index in [1.54, 1.807) is 7.11 Å². The zero-order chi connectivity index (χ0) is 12.4. The van der Waals surface area contributed by atoms with Crippen LogP contribution in [0, 0.1) is 0 Å². The van der Waals surface area contributed by atoms with Gasteiger partial charge in [0, 0.05) is 31.1 Å². The Hall–Kier alpha value is -1.29. The molecule has 1 atom stereocenters. The van der Waals surface area contributed by atoms with E-state index >= 15 is 0 Å². The molecule has 4 heteroatoms. The number of piperazine rings is 1. The predicted molar refractivity (Wildman–Crippen MR) is 81.4 cm³/mol. The summed E-state index contributed by atoms with van der Waals surface area (Å²) in [5.41, 5.74) is 1.35. The lowest BCUT2D eigenvalue weighted by Crippen LogP contribution is -2.42. The Kier molecular flexibility index (Phi) is 4.64. The Balaban J connectivity index is 0.00000133. The van der Waals surface area contributed by atoms with Crippen LogP contribution in [-0.2, 0) is 0 Å². The average Bonchev–Trinajstić information content (AvgIpc) is 2.47. The predicted octanol–water partition coefficient (Wildman–Crippen LogP) is 2.50. The highest BCUT2D eigenvalue weighted by molar-refractivity contribution is 5.91. The maximum Gasteiger partial charge on any atom is 0.126 e. The van der Waals surface area contributed by atoms with Crippen molar-refractivity contribution < 1.29 is 4.74 Å². The van der Waals surface area contributed by atoms with E-state index in [-0.39, 0.29) is 12.4 Å². The van der Waals surface area contributed by atoms with Crippen molar-refractivity contribution in [2.45, 2.75) is 6.04 Å². The molecular formula is C15H19ClN2O. The molecule has 1 saturated heterocycles. The van der Waals surface area contributed by atoms with Crippen molar-refractivity contribution in [3.05, 3.63) is 42.0 Å². The van der Waals surface area contributed by atoms with Gasteiger partial charge in [0.05, 0.1) is 7.11 Å². The van der Waals surface area contributed by atoms with Crippen molar-refractivity contribution in [1.29, 1.82) is 0 Å². The summed E-state index contributed by atoms with van der Waals surface area (Å²) in [6.07, 6.45) is 0. The molecule has 3 nitrogen and oxygen atoms in total. The molecule has 2 aromatic rings. The summed E-state index contributed by atoms with van der Waals surface area (Å²) in [4.78, 5) is 0. The van der Waals surface area contributed by atoms with Crippen molar-refractivity contribution in [3.63, 3.8) is 0 Å². The van der Waals surface area contributed by atoms with Gasteiger partial charge in [0.2, 0.25) is 0 Å². The molecule has 3 rings (SSSR count). The fourth-order valence-corrected chi connectivity index (χ4v) is 2.65. The van der Waals surface area contributed by atoms with E-state index < -0.39 is 0 Å². The van der Waals surface area contributed by atoms with Crippen LogP contribution in [-0.4, -0.2) is 26.7 Å². The highest BCUT2D eigenvalue weighted by Gasteiger charge is 2.17. The van der Waals surface area contributed by atoms with Gasteiger partial charge in [-0.2, -0.15) is 0 Å². The number of benzene rings is 2. The van der Waals surface area contributed by atoms with E-state index in [0.29, 0.717) is 6.04 Å². The van der Waals surface area contributed by atoms with Crippen molar-refractivity contribution in [3.8, 4) is 5.75 Å². The molecule has 1 heterocycles. The SMILES string of the molecule is COc1ccc([C@H]2CNCCN2)c2ccccc12.Cl. The van der Waals surface area contributed by atoms with Crippen molar-refractivity contribution in [2.75, 3.05) is 26.7 Å². The molecule has 2 aromatic carbocycles. The van der Waals surface area contributed by atoms with Gasteiger partial charge in [-0.3, -0.25) is 0 Å². The summed E-state index contributed by atoms with van der Waals surface area (Å²) < 4.78 is 5.43. The molecule has 0 radical (unpaired) electrons. The van der Waals surface area contributed by atoms with E-state index in [2.05, 4.69) is 47.0 Å². The summed E-state index contributed by atoms with van der Waals surface area (Å²) in [5, 5.41) is 9.46. The summed E-state index contributed by atoms with van der Waals surface area (Å²) >= 11 is 0. The third-order valence-corrected chi connectivity index (χ3v) is 3.55. The molecule has 102 valence electrons. The first-order valence-electron chi connectivity index (χ1n) is 6.40. The maximum absolute atomic E-state index is 5.43. The number of hydrogen-bond acceptors (Lipinski definition) is 3. The van der Waals surface area contributed by atoms with Crippen molar-refractivity contribution >= 4 is 23.2 Å². The maximum atomic E-state index is 5.43. The topological polar surface area (TPSA) is 33.3 Å². The van der Waals surface area contributed by atoms with Gasteiger partial charge < -0.3 is 15.4 Å². The van der Waals surface area contributed by atoms with Crippen LogP contribution in [0.2, 0.25) is 0 Å². The third kappa shape index (κ3) is 2.68. The third-order valence-electron chi connectivity index (χ3n) is 3.55. The van der Waals surface area contributed by atoms with Crippen LogP contribution in [0.3, 0.4) is 0 Å². The van der Waals surface area contributed by atoms with Crippen LogP contribution in [0.4, 0.5) is 0 Å². The lowest BCUT2D eigenvalue weighted by molar-refractivity contribution is 0.417. The Labute approximate surface area is 119 Å². The van der Waals surface area contributed by atoms with E-state index in [1.165, 1.54) is 16.3 Å². The number of fused-ring (bicyclic) bond motifs is 1. The zero-order valence-electron chi connectivity index (χ0n) is 11.0.